The van der Waals surface area contributed by atoms with E-state index >= 15 is 0 Å². The Morgan fingerprint density at radius 1 is 1.31 bits per heavy atom. The van der Waals surface area contributed by atoms with Crippen LogP contribution in [0, 0.1) is 5.82 Å². The zero-order chi connectivity index (χ0) is 9.42. The minimum absolute atomic E-state index is 0.135. The first-order chi connectivity index (χ1) is 6.20. The summed E-state index contributed by atoms with van der Waals surface area (Å²) in [6, 6.07) is 4.10. The zero-order valence-corrected chi connectivity index (χ0v) is 7.44. The van der Waals surface area contributed by atoms with Crippen LogP contribution in [0.2, 0.25) is 0 Å². The highest BCUT2D eigenvalue weighted by atomic mass is 32.1. The Balaban J connectivity index is 2.80. The molecule has 1 heterocycles. The maximum atomic E-state index is 12.9. The summed E-state index contributed by atoms with van der Waals surface area (Å²) in [5, 5.41) is 18.9. The number of aliphatic hydroxyl groups is 1. The maximum absolute atomic E-state index is 12.9. The minimum Gasteiger partial charge on any atom is -0.499 e. The second-order valence-electron chi connectivity index (χ2n) is 2.73. The molecule has 1 aromatic carbocycles. The standard InChI is InChI=1S/C9H7FO2S/c10-7-1-5-3-8(12)13-9(5)6(2-7)4-11/h1-3,11-12H,4H2. The van der Waals surface area contributed by atoms with Gasteiger partial charge in [-0.25, -0.2) is 4.39 Å². The van der Waals surface area contributed by atoms with E-state index in [2.05, 4.69) is 0 Å². The van der Waals surface area contributed by atoms with Gasteiger partial charge in [-0.1, -0.05) is 11.3 Å². The number of rotatable bonds is 1. The van der Waals surface area contributed by atoms with Gasteiger partial charge in [0.05, 0.1) is 6.61 Å². The van der Waals surface area contributed by atoms with Crippen molar-refractivity contribution in [1.29, 1.82) is 0 Å². The zero-order valence-electron chi connectivity index (χ0n) is 6.62. The fraction of sp³-hybridized carbons (Fsp3) is 0.111. The van der Waals surface area contributed by atoms with Crippen molar-refractivity contribution in [1.82, 2.24) is 0 Å². The summed E-state index contributed by atoms with van der Waals surface area (Å²) in [5.41, 5.74) is 0.514. The smallest absolute Gasteiger partial charge is 0.172 e. The fourth-order valence-electron chi connectivity index (χ4n) is 1.29. The molecule has 0 saturated carbocycles. The number of aliphatic hydroxyl groups excluding tert-OH is 1. The van der Waals surface area contributed by atoms with Crippen molar-refractivity contribution in [3.63, 3.8) is 0 Å². The van der Waals surface area contributed by atoms with Crippen molar-refractivity contribution in [2.45, 2.75) is 6.61 Å². The van der Waals surface area contributed by atoms with E-state index in [1.165, 1.54) is 18.2 Å². The van der Waals surface area contributed by atoms with Gasteiger partial charge in [0.15, 0.2) is 5.06 Å². The Morgan fingerprint density at radius 2 is 2.08 bits per heavy atom. The van der Waals surface area contributed by atoms with Crippen molar-refractivity contribution in [3.8, 4) is 5.06 Å². The molecular formula is C9H7FO2S. The predicted molar refractivity (Wildman–Crippen MR) is 49.4 cm³/mol. The molecule has 4 heteroatoms. The van der Waals surface area contributed by atoms with Gasteiger partial charge < -0.3 is 10.2 Å². The quantitative estimate of drug-likeness (QED) is 0.737. The molecule has 2 aromatic rings. The summed E-state index contributed by atoms with van der Waals surface area (Å²) in [6.45, 7) is -0.214. The maximum Gasteiger partial charge on any atom is 0.172 e. The molecule has 0 atom stereocenters. The van der Waals surface area contributed by atoms with Crippen LogP contribution < -0.4 is 0 Å². The summed E-state index contributed by atoms with van der Waals surface area (Å²) < 4.78 is 13.6. The van der Waals surface area contributed by atoms with Gasteiger partial charge in [0.1, 0.15) is 5.82 Å². The molecular weight excluding hydrogens is 191 g/mol. The van der Waals surface area contributed by atoms with Crippen LogP contribution in [0.4, 0.5) is 4.39 Å². The summed E-state index contributed by atoms with van der Waals surface area (Å²) >= 11 is 1.14. The molecule has 13 heavy (non-hydrogen) atoms. The molecule has 0 aliphatic heterocycles. The van der Waals surface area contributed by atoms with Gasteiger partial charge in [0.2, 0.25) is 0 Å². The predicted octanol–water partition coefficient (Wildman–Crippen LogP) is 2.24. The monoisotopic (exact) mass is 198 g/mol. The molecule has 0 unspecified atom stereocenters. The molecule has 2 rings (SSSR count). The number of benzene rings is 1. The van der Waals surface area contributed by atoms with Gasteiger partial charge >= 0.3 is 0 Å². The van der Waals surface area contributed by atoms with Crippen molar-refractivity contribution in [2.24, 2.45) is 0 Å². The number of hydrogen-bond acceptors (Lipinski definition) is 3. The van der Waals surface area contributed by atoms with Crippen LogP contribution in [-0.2, 0) is 6.61 Å². The van der Waals surface area contributed by atoms with Crippen LogP contribution in [0.1, 0.15) is 5.56 Å². The van der Waals surface area contributed by atoms with Crippen LogP contribution in [0.15, 0.2) is 18.2 Å². The van der Waals surface area contributed by atoms with Crippen LogP contribution in [0.3, 0.4) is 0 Å². The third kappa shape index (κ3) is 1.38. The van der Waals surface area contributed by atoms with Crippen molar-refractivity contribution in [2.75, 3.05) is 0 Å². The molecule has 2 nitrogen and oxygen atoms in total. The number of aromatic hydroxyl groups is 1. The van der Waals surface area contributed by atoms with E-state index in [0.29, 0.717) is 10.9 Å². The van der Waals surface area contributed by atoms with E-state index in [4.69, 9.17) is 5.11 Å². The molecule has 0 fully saturated rings. The van der Waals surface area contributed by atoms with Crippen molar-refractivity contribution >= 4 is 21.4 Å². The lowest BCUT2D eigenvalue weighted by molar-refractivity contribution is 0.283. The van der Waals surface area contributed by atoms with E-state index in [1.54, 1.807) is 0 Å². The first-order valence-corrected chi connectivity index (χ1v) is 4.54. The molecule has 2 N–H and O–H groups in total. The number of thiophene rings is 1. The Bertz CT molecular complexity index is 450. The molecule has 0 amide bonds. The molecule has 0 aliphatic rings. The molecule has 0 spiro atoms. The third-order valence-electron chi connectivity index (χ3n) is 1.82. The van der Waals surface area contributed by atoms with Gasteiger partial charge in [0.25, 0.3) is 0 Å². The third-order valence-corrected chi connectivity index (χ3v) is 2.84. The van der Waals surface area contributed by atoms with Crippen LogP contribution in [0.25, 0.3) is 10.1 Å². The van der Waals surface area contributed by atoms with Crippen molar-refractivity contribution in [3.05, 3.63) is 29.6 Å². The topological polar surface area (TPSA) is 40.5 Å². The highest BCUT2D eigenvalue weighted by Crippen LogP contribution is 2.33. The van der Waals surface area contributed by atoms with E-state index in [0.717, 1.165) is 16.0 Å². The van der Waals surface area contributed by atoms with Crippen molar-refractivity contribution < 1.29 is 14.6 Å². The lowest BCUT2D eigenvalue weighted by Crippen LogP contribution is -1.84. The van der Waals surface area contributed by atoms with Crippen LogP contribution in [-0.4, -0.2) is 10.2 Å². The number of fused-ring (bicyclic) bond motifs is 1. The van der Waals surface area contributed by atoms with E-state index in [9.17, 15) is 9.50 Å². The lowest BCUT2D eigenvalue weighted by Gasteiger charge is -1.97. The number of halogens is 1. The average molecular weight is 198 g/mol. The first kappa shape index (κ1) is 8.47. The SMILES string of the molecule is OCc1cc(F)cc2cc(O)sc12. The number of hydrogen-bond donors (Lipinski definition) is 2. The molecule has 0 aliphatic carbocycles. The Kier molecular flexibility index (Phi) is 1.94. The lowest BCUT2D eigenvalue weighted by atomic mass is 10.2. The molecule has 68 valence electrons. The van der Waals surface area contributed by atoms with Gasteiger partial charge in [-0.3, -0.25) is 0 Å². The van der Waals surface area contributed by atoms with Crippen LogP contribution in [0.5, 0.6) is 5.06 Å². The Morgan fingerprint density at radius 3 is 2.77 bits per heavy atom. The molecule has 0 bridgehead atoms. The highest BCUT2D eigenvalue weighted by molar-refractivity contribution is 7.20. The van der Waals surface area contributed by atoms with Gasteiger partial charge in [-0.2, -0.15) is 0 Å². The highest BCUT2D eigenvalue weighted by Gasteiger charge is 2.07. The summed E-state index contributed by atoms with van der Waals surface area (Å²) in [5.74, 6) is -0.394. The van der Waals surface area contributed by atoms with Gasteiger partial charge in [-0.05, 0) is 29.1 Å². The molecule has 0 saturated heterocycles. The van der Waals surface area contributed by atoms with Crippen LogP contribution >= 0.6 is 11.3 Å². The second kappa shape index (κ2) is 2.97. The van der Waals surface area contributed by atoms with E-state index in [-0.39, 0.29) is 11.7 Å². The Hall–Kier alpha value is -1.13. The van der Waals surface area contributed by atoms with E-state index < -0.39 is 5.82 Å². The van der Waals surface area contributed by atoms with Gasteiger partial charge in [-0.15, -0.1) is 0 Å². The summed E-state index contributed by atoms with van der Waals surface area (Å²) in [4.78, 5) is 0. The van der Waals surface area contributed by atoms with E-state index in [1.807, 2.05) is 0 Å². The minimum atomic E-state index is -0.394. The fourth-order valence-corrected chi connectivity index (χ4v) is 2.17. The summed E-state index contributed by atoms with van der Waals surface area (Å²) in [7, 11) is 0. The largest absolute Gasteiger partial charge is 0.499 e. The molecule has 1 aromatic heterocycles. The second-order valence-corrected chi connectivity index (χ2v) is 3.76. The normalized spacial score (nSPS) is 10.9. The average Bonchev–Trinajstić information content (AvgIpc) is 2.43. The Labute approximate surface area is 77.9 Å². The summed E-state index contributed by atoms with van der Waals surface area (Å²) in [6.07, 6.45) is 0. The van der Waals surface area contributed by atoms with Gasteiger partial charge in [0, 0.05) is 4.70 Å². The molecule has 0 radical (unpaired) electrons. The first-order valence-electron chi connectivity index (χ1n) is 3.72.